The van der Waals surface area contributed by atoms with Gasteiger partial charge in [0.15, 0.2) is 11.5 Å². The first-order valence-electron chi connectivity index (χ1n) is 9.44. The van der Waals surface area contributed by atoms with Gasteiger partial charge in [0.05, 0.1) is 7.11 Å². The summed E-state index contributed by atoms with van der Waals surface area (Å²) in [6.07, 6.45) is 0.964. The van der Waals surface area contributed by atoms with E-state index in [1.807, 2.05) is 24.3 Å². The Labute approximate surface area is 172 Å². The molecular weight excluding hydrogens is 370 g/mol. The summed E-state index contributed by atoms with van der Waals surface area (Å²) >= 11 is 5.92. The van der Waals surface area contributed by atoms with Crippen LogP contribution in [0.5, 0.6) is 11.5 Å². The van der Waals surface area contributed by atoms with Gasteiger partial charge in [-0.05, 0) is 60.8 Å². The zero-order valence-electron chi connectivity index (χ0n) is 16.4. The molecule has 3 rings (SSSR count). The fourth-order valence-electron chi connectivity index (χ4n) is 2.90. The molecule has 0 bridgehead atoms. The lowest BCUT2D eigenvalue weighted by Crippen LogP contribution is -2.16. The third kappa shape index (κ3) is 6.01. The Hall–Kier alpha value is -2.49. The quantitative estimate of drug-likeness (QED) is 0.480. The number of halogens is 1. The summed E-state index contributed by atoms with van der Waals surface area (Å²) in [5, 5.41) is 4.24. The molecule has 4 heteroatoms. The maximum absolute atomic E-state index is 5.95. The van der Waals surface area contributed by atoms with Crippen molar-refractivity contribution < 1.29 is 9.47 Å². The van der Waals surface area contributed by atoms with Crippen molar-refractivity contribution in [1.29, 1.82) is 0 Å². The van der Waals surface area contributed by atoms with Gasteiger partial charge in [0.1, 0.15) is 6.61 Å². The molecule has 3 nitrogen and oxygen atoms in total. The molecule has 1 N–H and O–H groups in total. The predicted octanol–water partition coefficient (Wildman–Crippen LogP) is 5.57. The second-order valence-electron chi connectivity index (χ2n) is 6.81. The standard InChI is InChI=1S/C24H26ClNO2/c1-18-3-5-20(6-4-18)17-28-23-12-9-21(15-24(23)27-2)16-26-14-13-19-7-10-22(25)11-8-19/h3-12,15,26H,13-14,16-17H2,1-2H3. The molecule has 0 radical (unpaired) electrons. The Morgan fingerprint density at radius 2 is 1.50 bits per heavy atom. The molecule has 3 aromatic carbocycles. The van der Waals surface area contributed by atoms with E-state index in [4.69, 9.17) is 21.1 Å². The van der Waals surface area contributed by atoms with Crippen LogP contribution in [0.25, 0.3) is 0 Å². The highest BCUT2D eigenvalue weighted by atomic mass is 35.5. The van der Waals surface area contributed by atoms with E-state index in [0.29, 0.717) is 6.61 Å². The molecule has 0 aliphatic heterocycles. The van der Waals surface area contributed by atoms with Gasteiger partial charge in [-0.3, -0.25) is 0 Å². The van der Waals surface area contributed by atoms with Crippen LogP contribution >= 0.6 is 11.6 Å². The first kappa shape index (κ1) is 20.2. The third-order valence-corrected chi connectivity index (χ3v) is 4.83. The highest BCUT2D eigenvalue weighted by molar-refractivity contribution is 6.30. The van der Waals surface area contributed by atoms with Gasteiger partial charge < -0.3 is 14.8 Å². The molecule has 0 amide bonds. The molecule has 0 heterocycles. The monoisotopic (exact) mass is 395 g/mol. The fourth-order valence-corrected chi connectivity index (χ4v) is 3.03. The van der Waals surface area contributed by atoms with E-state index in [-0.39, 0.29) is 0 Å². The van der Waals surface area contributed by atoms with Gasteiger partial charge in [0, 0.05) is 11.6 Å². The third-order valence-electron chi connectivity index (χ3n) is 4.58. The number of aryl methyl sites for hydroxylation is 1. The van der Waals surface area contributed by atoms with Crippen LogP contribution in [0.15, 0.2) is 66.7 Å². The number of nitrogens with one attached hydrogen (secondary N) is 1. The van der Waals surface area contributed by atoms with Gasteiger partial charge in [0.2, 0.25) is 0 Å². The van der Waals surface area contributed by atoms with Gasteiger partial charge in [-0.2, -0.15) is 0 Å². The van der Waals surface area contributed by atoms with Crippen molar-refractivity contribution in [2.45, 2.75) is 26.5 Å². The van der Waals surface area contributed by atoms with Crippen molar-refractivity contribution in [2.75, 3.05) is 13.7 Å². The van der Waals surface area contributed by atoms with Gasteiger partial charge >= 0.3 is 0 Å². The van der Waals surface area contributed by atoms with Gasteiger partial charge in [-0.25, -0.2) is 0 Å². The first-order valence-corrected chi connectivity index (χ1v) is 9.82. The molecule has 0 spiro atoms. The fraction of sp³-hybridized carbons (Fsp3) is 0.250. The second kappa shape index (κ2) is 10.2. The highest BCUT2D eigenvalue weighted by Gasteiger charge is 2.06. The molecule has 0 fully saturated rings. The summed E-state index contributed by atoms with van der Waals surface area (Å²) in [6.45, 7) is 4.28. The van der Waals surface area contributed by atoms with Gasteiger partial charge in [-0.1, -0.05) is 59.6 Å². The molecule has 0 saturated heterocycles. The van der Waals surface area contributed by atoms with Crippen molar-refractivity contribution >= 4 is 11.6 Å². The minimum absolute atomic E-state index is 0.523. The molecule has 28 heavy (non-hydrogen) atoms. The molecule has 0 aliphatic carbocycles. The van der Waals surface area contributed by atoms with Crippen LogP contribution in [0.1, 0.15) is 22.3 Å². The Bertz CT molecular complexity index is 876. The SMILES string of the molecule is COc1cc(CNCCc2ccc(Cl)cc2)ccc1OCc1ccc(C)cc1. The lowest BCUT2D eigenvalue weighted by atomic mass is 10.1. The van der Waals surface area contributed by atoms with Crippen LogP contribution in [0, 0.1) is 6.92 Å². The van der Waals surface area contributed by atoms with Crippen LogP contribution in [-0.4, -0.2) is 13.7 Å². The Kier molecular flexibility index (Phi) is 7.35. The van der Waals surface area contributed by atoms with Gasteiger partial charge in [0.25, 0.3) is 0 Å². The van der Waals surface area contributed by atoms with Crippen LogP contribution in [0.2, 0.25) is 5.02 Å². The summed E-state index contributed by atoms with van der Waals surface area (Å²) in [5.74, 6) is 1.51. The summed E-state index contributed by atoms with van der Waals surface area (Å²) in [7, 11) is 1.67. The highest BCUT2D eigenvalue weighted by Crippen LogP contribution is 2.29. The van der Waals surface area contributed by atoms with Crippen molar-refractivity contribution in [3.63, 3.8) is 0 Å². The molecule has 0 aromatic heterocycles. The van der Waals surface area contributed by atoms with Crippen LogP contribution < -0.4 is 14.8 Å². The summed E-state index contributed by atoms with van der Waals surface area (Å²) < 4.78 is 11.5. The largest absolute Gasteiger partial charge is 0.493 e. The number of ether oxygens (including phenoxy) is 2. The number of methoxy groups -OCH3 is 1. The van der Waals surface area contributed by atoms with Gasteiger partial charge in [-0.15, -0.1) is 0 Å². The molecular formula is C24H26ClNO2. The van der Waals surface area contributed by atoms with E-state index in [9.17, 15) is 0 Å². The smallest absolute Gasteiger partial charge is 0.161 e. The van der Waals surface area contributed by atoms with E-state index in [0.717, 1.165) is 47.2 Å². The summed E-state index contributed by atoms with van der Waals surface area (Å²) in [5.41, 5.74) is 4.82. The number of hydrogen-bond donors (Lipinski definition) is 1. The van der Waals surface area contributed by atoms with Crippen molar-refractivity contribution in [3.8, 4) is 11.5 Å². The van der Waals surface area contributed by atoms with E-state index in [1.54, 1.807) is 7.11 Å². The predicted molar refractivity (Wildman–Crippen MR) is 115 cm³/mol. The molecule has 0 atom stereocenters. The molecule has 3 aromatic rings. The van der Waals surface area contributed by atoms with Crippen LogP contribution in [-0.2, 0) is 19.6 Å². The van der Waals surface area contributed by atoms with Crippen LogP contribution in [0.4, 0.5) is 0 Å². The van der Waals surface area contributed by atoms with Crippen molar-refractivity contribution in [1.82, 2.24) is 5.32 Å². The van der Waals surface area contributed by atoms with E-state index >= 15 is 0 Å². The zero-order valence-corrected chi connectivity index (χ0v) is 17.1. The average Bonchev–Trinajstić information content (AvgIpc) is 2.72. The Morgan fingerprint density at radius 1 is 0.821 bits per heavy atom. The minimum atomic E-state index is 0.523. The Morgan fingerprint density at radius 3 is 2.21 bits per heavy atom. The molecule has 146 valence electrons. The molecule has 0 saturated carbocycles. The number of benzene rings is 3. The van der Waals surface area contributed by atoms with E-state index < -0.39 is 0 Å². The maximum Gasteiger partial charge on any atom is 0.161 e. The number of rotatable bonds is 9. The van der Waals surface area contributed by atoms with Crippen LogP contribution in [0.3, 0.4) is 0 Å². The molecule has 0 unspecified atom stereocenters. The topological polar surface area (TPSA) is 30.5 Å². The summed E-state index contributed by atoms with van der Waals surface area (Å²) in [6, 6.07) is 22.4. The van der Waals surface area contributed by atoms with E-state index in [1.165, 1.54) is 11.1 Å². The second-order valence-corrected chi connectivity index (χ2v) is 7.25. The first-order chi connectivity index (χ1) is 13.6. The minimum Gasteiger partial charge on any atom is -0.493 e. The van der Waals surface area contributed by atoms with Crippen molar-refractivity contribution in [3.05, 3.63) is 94.0 Å². The average molecular weight is 396 g/mol. The maximum atomic E-state index is 5.95. The van der Waals surface area contributed by atoms with E-state index in [2.05, 4.69) is 54.7 Å². The summed E-state index contributed by atoms with van der Waals surface area (Å²) in [4.78, 5) is 0. The lowest BCUT2D eigenvalue weighted by molar-refractivity contribution is 0.284. The lowest BCUT2D eigenvalue weighted by Gasteiger charge is -2.13. The Balaban J connectivity index is 1.50. The number of hydrogen-bond acceptors (Lipinski definition) is 3. The van der Waals surface area contributed by atoms with Crippen molar-refractivity contribution in [2.24, 2.45) is 0 Å². The molecule has 0 aliphatic rings. The normalized spacial score (nSPS) is 10.7. The zero-order chi connectivity index (χ0) is 19.8.